The van der Waals surface area contributed by atoms with Gasteiger partial charge in [0.25, 0.3) is 0 Å². The van der Waals surface area contributed by atoms with Crippen LogP contribution in [0.15, 0.2) is 0 Å². The zero-order chi connectivity index (χ0) is 13.4. The van der Waals surface area contributed by atoms with E-state index in [4.69, 9.17) is 9.47 Å². The Morgan fingerprint density at radius 1 is 1.11 bits per heavy atom. The molecule has 4 nitrogen and oxygen atoms in total. The van der Waals surface area contributed by atoms with Crippen LogP contribution in [0.4, 0.5) is 0 Å². The largest absolute Gasteiger partial charge is 0.385 e. The van der Waals surface area contributed by atoms with Crippen molar-refractivity contribution in [3.8, 4) is 0 Å². The van der Waals surface area contributed by atoms with E-state index >= 15 is 0 Å². The summed E-state index contributed by atoms with van der Waals surface area (Å²) >= 11 is 0. The number of ether oxygens (including phenoxy) is 2. The predicted octanol–water partition coefficient (Wildman–Crippen LogP) is 1.65. The molecule has 0 aromatic carbocycles. The Morgan fingerprint density at radius 3 is 2.74 bits per heavy atom. The fraction of sp³-hybridized carbons (Fsp3) is 1.00. The summed E-state index contributed by atoms with van der Waals surface area (Å²) in [5, 5.41) is 3.59. The summed E-state index contributed by atoms with van der Waals surface area (Å²) in [5.41, 5.74) is 0.437. The van der Waals surface area contributed by atoms with Gasteiger partial charge >= 0.3 is 0 Å². The van der Waals surface area contributed by atoms with E-state index in [1.54, 1.807) is 7.11 Å². The molecule has 2 aliphatic rings. The van der Waals surface area contributed by atoms with E-state index in [-0.39, 0.29) is 0 Å². The Morgan fingerprint density at radius 2 is 1.95 bits per heavy atom. The molecule has 1 saturated heterocycles. The molecule has 2 fully saturated rings. The summed E-state index contributed by atoms with van der Waals surface area (Å²) in [4.78, 5) is 2.69. The standard InChI is InChI=1S/C15H30N2O2/c1-18-11-5-12-19-13-10-17-9-8-16-14-15(17)6-3-2-4-7-15/h16H,2-14H2,1H3. The Balaban J connectivity index is 1.70. The summed E-state index contributed by atoms with van der Waals surface area (Å²) in [7, 11) is 1.74. The van der Waals surface area contributed by atoms with Gasteiger partial charge in [-0.15, -0.1) is 0 Å². The van der Waals surface area contributed by atoms with Crippen molar-refractivity contribution in [2.45, 2.75) is 44.1 Å². The molecule has 0 atom stereocenters. The average molecular weight is 270 g/mol. The third kappa shape index (κ3) is 4.42. The topological polar surface area (TPSA) is 33.7 Å². The number of hydrogen-bond acceptors (Lipinski definition) is 4. The number of hydrogen-bond donors (Lipinski definition) is 1. The number of piperazine rings is 1. The average Bonchev–Trinajstić information content (AvgIpc) is 2.45. The zero-order valence-electron chi connectivity index (χ0n) is 12.5. The van der Waals surface area contributed by atoms with Crippen molar-refractivity contribution in [1.82, 2.24) is 10.2 Å². The molecule has 1 heterocycles. The molecule has 4 heteroatoms. The molecule has 1 N–H and O–H groups in total. The lowest BCUT2D eigenvalue weighted by Gasteiger charge is -2.50. The van der Waals surface area contributed by atoms with Gasteiger partial charge in [0.2, 0.25) is 0 Å². The van der Waals surface area contributed by atoms with E-state index in [1.807, 2.05) is 0 Å². The molecule has 1 aliphatic heterocycles. The number of nitrogens with zero attached hydrogens (tertiary/aromatic N) is 1. The Kier molecular flexibility index (Phi) is 6.57. The molecule has 0 amide bonds. The lowest BCUT2D eigenvalue weighted by Crippen LogP contribution is -2.62. The quantitative estimate of drug-likeness (QED) is 0.713. The molecule has 0 unspecified atom stereocenters. The normalized spacial score (nSPS) is 23.8. The highest BCUT2D eigenvalue weighted by molar-refractivity contribution is 4.97. The molecular weight excluding hydrogens is 240 g/mol. The van der Waals surface area contributed by atoms with Gasteiger partial charge in [0, 0.05) is 52.0 Å². The van der Waals surface area contributed by atoms with E-state index < -0.39 is 0 Å². The Labute approximate surface area is 117 Å². The van der Waals surface area contributed by atoms with Crippen molar-refractivity contribution >= 4 is 0 Å². The summed E-state index contributed by atoms with van der Waals surface area (Å²) in [6, 6.07) is 0. The molecule has 2 rings (SSSR count). The SMILES string of the molecule is COCCCOCCN1CCNCC12CCCCC2. The van der Waals surface area contributed by atoms with Crippen LogP contribution < -0.4 is 5.32 Å². The number of rotatable bonds is 7. The lowest BCUT2D eigenvalue weighted by molar-refractivity contribution is 0.000233. The van der Waals surface area contributed by atoms with Crippen LogP contribution in [0, 0.1) is 0 Å². The third-order valence-electron chi connectivity index (χ3n) is 4.61. The molecule has 1 saturated carbocycles. The zero-order valence-corrected chi connectivity index (χ0v) is 12.5. The lowest BCUT2D eigenvalue weighted by atomic mass is 9.79. The van der Waals surface area contributed by atoms with Crippen LogP contribution in [0.25, 0.3) is 0 Å². The molecule has 19 heavy (non-hydrogen) atoms. The second kappa shape index (κ2) is 8.20. The van der Waals surface area contributed by atoms with Crippen LogP contribution in [0.1, 0.15) is 38.5 Å². The van der Waals surface area contributed by atoms with E-state index in [9.17, 15) is 0 Å². The van der Waals surface area contributed by atoms with Gasteiger partial charge in [-0.25, -0.2) is 0 Å². The van der Waals surface area contributed by atoms with Gasteiger partial charge in [-0.05, 0) is 19.3 Å². The molecule has 0 bridgehead atoms. The van der Waals surface area contributed by atoms with Crippen LogP contribution in [-0.4, -0.2) is 63.5 Å². The number of nitrogens with one attached hydrogen (secondary N) is 1. The molecule has 1 spiro atoms. The fourth-order valence-electron chi connectivity index (χ4n) is 3.52. The second-order valence-electron chi connectivity index (χ2n) is 5.91. The molecular formula is C15H30N2O2. The van der Waals surface area contributed by atoms with Crippen molar-refractivity contribution < 1.29 is 9.47 Å². The highest BCUT2D eigenvalue weighted by Crippen LogP contribution is 2.34. The van der Waals surface area contributed by atoms with E-state index in [0.717, 1.165) is 39.3 Å². The molecule has 0 aromatic rings. The van der Waals surface area contributed by atoms with Crippen LogP contribution in [0.2, 0.25) is 0 Å². The minimum absolute atomic E-state index is 0.437. The molecule has 0 radical (unpaired) electrons. The highest BCUT2D eigenvalue weighted by atomic mass is 16.5. The van der Waals surface area contributed by atoms with Gasteiger partial charge in [-0.3, -0.25) is 4.90 Å². The van der Waals surface area contributed by atoms with Gasteiger partial charge < -0.3 is 14.8 Å². The van der Waals surface area contributed by atoms with Crippen molar-refractivity contribution in [3.05, 3.63) is 0 Å². The highest BCUT2D eigenvalue weighted by Gasteiger charge is 2.39. The van der Waals surface area contributed by atoms with Crippen molar-refractivity contribution in [2.75, 3.05) is 53.1 Å². The van der Waals surface area contributed by atoms with Gasteiger partial charge in [0.15, 0.2) is 0 Å². The van der Waals surface area contributed by atoms with Gasteiger partial charge in [-0.1, -0.05) is 19.3 Å². The van der Waals surface area contributed by atoms with Crippen LogP contribution in [0.5, 0.6) is 0 Å². The smallest absolute Gasteiger partial charge is 0.0593 e. The Hall–Kier alpha value is -0.160. The van der Waals surface area contributed by atoms with Gasteiger partial charge in [0.05, 0.1) is 6.61 Å². The first-order valence-electron chi connectivity index (χ1n) is 7.90. The predicted molar refractivity (Wildman–Crippen MR) is 77.6 cm³/mol. The van der Waals surface area contributed by atoms with Gasteiger partial charge in [-0.2, -0.15) is 0 Å². The van der Waals surface area contributed by atoms with E-state index in [0.29, 0.717) is 5.54 Å². The maximum absolute atomic E-state index is 5.73. The summed E-state index contributed by atoms with van der Waals surface area (Å²) in [6.45, 7) is 7.08. The maximum atomic E-state index is 5.73. The second-order valence-corrected chi connectivity index (χ2v) is 5.91. The maximum Gasteiger partial charge on any atom is 0.0593 e. The molecule has 112 valence electrons. The van der Waals surface area contributed by atoms with Crippen molar-refractivity contribution in [2.24, 2.45) is 0 Å². The monoisotopic (exact) mass is 270 g/mol. The minimum Gasteiger partial charge on any atom is -0.385 e. The molecule has 0 aromatic heterocycles. The van der Waals surface area contributed by atoms with Crippen molar-refractivity contribution in [3.63, 3.8) is 0 Å². The van der Waals surface area contributed by atoms with E-state index in [2.05, 4.69) is 10.2 Å². The summed E-state index contributed by atoms with van der Waals surface area (Å²) in [6.07, 6.45) is 7.94. The molecule has 1 aliphatic carbocycles. The summed E-state index contributed by atoms with van der Waals surface area (Å²) in [5.74, 6) is 0. The first kappa shape index (κ1) is 15.2. The van der Waals surface area contributed by atoms with Crippen molar-refractivity contribution in [1.29, 1.82) is 0 Å². The van der Waals surface area contributed by atoms with Gasteiger partial charge in [0.1, 0.15) is 0 Å². The van der Waals surface area contributed by atoms with E-state index in [1.165, 1.54) is 45.2 Å². The number of methoxy groups -OCH3 is 1. The summed E-state index contributed by atoms with van der Waals surface area (Å²) < 4.78 is 10.8. The van der Waals surface area contributed by atoms with Crippen LogP contribution >= 0.6 is 0 Å². The minimum atomic E-state index is 0.437. The van der Waals surface area contributed by atoms with Crippen LogP contribution in [0.3, 0.4) is 0 Å². The Bertz CT molecular complexity index is 234. The van der Waals surface area contributed by atoms with Crippen LogP contribution in [-0.2, 0) is 9.47 Å². The fourth-order valence-corrected chi connectivity index (χ4v) is 3.52. The third-order valence-corrected chi connectivity index (χ3v) is 4.61. The first-order chi connectivity index (χ1) is 9.37. The first-order valence-corrected chi connectivity index (χ1v) is 7.90.